The van der Waals surface area contributed by atoms with Crippen LogP contribution in [0.25, 0.3) is 0 Å². The number of rotatable bonds is 3. The van der Waals surface area contributed by atoms with E-state index in [0.29, 0.717) is 23.4 Å². The molecule has 102 valence electrons. The van der Waals surface area contributed by atoms with Gasteiger partial charge >= 0.3 is 0 Å². The number of nitrogens with one attached hydrogen (secondary N) is 1. The fourth-order valence-electron chi connectivity index (χ4n) is 1.67. The number of aromatic nitrogens is 1. The number of nitrogens with zero attached hydrogens (tertiary/aromatic N) is 1. The average molecular weight is 270 g/mol. The van der Waals surface area contributed by atoms with Crippen molar-refractivity contribution in [3.63, 3.8) is 0 Å². The summed E-state index contributed by atoms with van der Waals surface area (Å²) in [6, 6.07) is 5.24. The number of aliphatic hydroxyl groups excluding tert-OH is 1. The minimum absolute atomic E-state index is 0.260. The first-order valence-corrected chi connectivity index (χ1v) is 6.08. The van der Waals surface area contributed by atoms with Crippen molar-refractivity contribution in [3.05, 3.63) is 53.2 Å². The largest absolute Gasteiger partial charge is 0.465 e. The minimum Gasteiger partial charge on any atom is -0.465 e. The number of aryl methyl sites for hydroxylation is 1. The van der Waals surface area contributed by atoms with E-state index in [2.05, 4.69) is 22.1 Å². The second-order valence-electron chi connectivity index (χ2n) is 4.08. The molecular formula is C15H14N2O3. The van der Waals surface area contributed by atoms with Gasteiger partial charge in [0.05, 0.1) is 17.7 Å². The van der Waals surface area contributed by atoms with Crippen molar-refractivity contribution in [2.45, 2.75) is 13.5 Å². The predicted octanol–water partition coefficient (Wildman–Crippen LogP) is 1.26. The van der Waals surface area contributed by atoms with Crippen molar-refractivity contribution < 1.29 is 14.3 Å². The summed E-state index contributed by atoms with van der Waals surface area (Å²) in [7, 11) is 0. The van der Waals surface area contributed by atoms with Gasteiger partial charge in [-0.2, -0.15) is 0 Å². The molecule has 20 heavy (non-hydrogen) atoms. The number of carbonyl (C=O) groups excluding carboxylic acids is 1. The van der Waals surface area contributed by atoms with Crippen molar-refractivity contribution in [1.82, 2.24) is 10.3 Å². The Labute approximate surface area is 116 Å². The van der Waals surface area contributed by atoms with Gasteiger partial charge in [-0.25, -0.2) is 0 Å². The van der Waals surface area contributed by atoms with E-state index in [-0.39, 0.29) is 12.5 Å². The van der Waals surface area contributed by atoms with Crippen molar-refractivity contribution in [2.24, 2.45) is 0 Å². The Bertz CT molecular complexity index is 665. The van der Waals surface area contributed by atoms with Crippen LogP contribution >= 0.6 is 0 Å². The Balaban J connectivity index is 2.09. The summed E-state index contributed by atoms with van der Waals surface area (Å²) in [5, 5.41) is 11.5. The van der Waals surface area contributed by atoms with Crippen LogP contribution in [0, 0.1) is 18.8 Å². The average Bonchev–Trinajstić information content (AvgIpc) is 2.88. The Hall–Kier alpha value is -2.58. The zero-order valence-corrected chi connectivity index (χ0v) is 11.0. The summed E-state index contributed by atoms with van der Waals surface area (Å²) < 4.78 is 5.38. The lowest BCUT2D eigenvalue weighted by Gasteiger charge is -2.05. The quantitative estimate of drug-likeness (QED) is 0.823. The normalized spacial score (nSPS) is 9.70. The van der Waals surface area contributed by atoms with Crippen LogP contribution in [0.4, 0.5) is 0 Å². The van der Waals surface area contributed by atoms with Crippen LogP contribution in [0.3, 0.4) is 0 Å². The molecule has 0 aliphatic carbocycles. The number of hydrogen-bond donors (Lipinski definition) is 2. The maximum atomic E-state index is 12.1. The maximum absolute atomic E-state index is 12.1. The summed E-state index contributed by atoms with van der Waals surface area (Å²) >= 11 is 0. The van der Waals surface area contributed by atoms with Gasteiger partial charge in [0.15, 0.2) is 0 Å². The van der Waals surface area contributed by atoms with Crippen LogP contribution < -0.4 is 5.32 Å². The number of pyridine rings is 1. The van der Waals surface area contributed by atoms with Gasteiger partial charge in [-0.05, 0) is 25.1 Å². The van der Waals surface area contributed by atoms with Crippen LogP contribution in [-0.4, -0.2) is 22.6 Å². The first kappa shape index (κ1) is 13.8. The maximum Gasteiger partial charge on any atom is 0.253 e. The molecule has 2 aromatic heterocycles. The molecule has 2 rings (SSSR count). The van der Waals surface area contributed by atoms with Gasteiger partial charge in [0.25, 0.3) is 5.91 Å². The first-order chi connectivity index (χ1) is 9.70. The van der Waals surface area contributed by atoms with Gasteiger partial charge < -0.3 is 14.8 Å². The molecule has 2 aromatic rings. The second kappa shape index (κ2) is 6.55. The third-order valence-electron chi connectivity index (χ3n) is 2.59. The third kappa shape index (κ3) is 3.46. The molecular weight excluding hydrogens is 256 g/mol. The molecule has 0 saturated heterocycles. The fraction of sp³-hybridized carbons (Fsp3) is 0.200. The lowest BCUT2D eigenvalue weighted by molar-refractivity contribution is 0.0947. The molecule has 0 aliphatic rings. The third-order valence-corrected chi connectivity index (χ3v) is 2.59. The number of carbonyl (C=O) groups is 1. The Morgan fingerprint density at radius 3 is 3.00 bits per heavy atom. The summed E-state index contributed by atoms with van der Waals surface area (Å²) in [6.07, 6.45) is 3.02. The molecule has 0 atom stereocenters. The van der Waals surface area contributed by atoms with E-state index < -0.39 is 0 Å². The van der Waals surface area contributed by atoms with Crippen molar-refractivity contribution in [3.8, 4) is 11.8 Å². The fourth-order valence-corrected chi connectivity index (χ4v) is 1.67. The van der Waals surface area contributed by atoms with E-state index in [1.54, 1.807) is 6.07 Å². The molecule has 0 radical (unpaired) electrons. The predicted molar refractivity (Wildman–Crippen MR) is 72.8 cm³/mol. The molecule has 0 aliphatic heterocycles. The molecule has 0 saturated carbocycles. The molecule has 0 bridgehead atoms. The molecule has 2 heterocycles. The van der Waals surface area contributed by atoms with E-state index in [1.807, 2.05) is 19.1 Å². The highest BCUT2D eigenvalue weighted by Crippen LogP contribution is 2.08. The summed E-state index contributed by atoms with van der Waals surface area (Å²) in [4.78, 5) is 16.0. The minimum atomic E-state index is -0.262. The Morgan fingerprint density at radius 1 is 1.45 bits per heavy atom. The molecule has 1 amide bonds. The molecule has 0 fully saturated rings. The highest BCUT2D eigenvalue weighted by atomic mass is 16.3. The highest BCUT2D eigenvalue weighted by Gasteiger charge is 2.10. The van der Waals surface area contributed by atoms with Crippen LogP contribution in [0.1, 0.15) is 27.4 Å². The lowest BCUT2D eigenvalue weighted by atomic mass is 10.1. The molecule has 5 heteroatoms. The topological polar surface area (TPSA) is 75.4 Å². The van der Waals surface area contributed by atoms with Gasteiger partial charge in [0.1, 0.15) is 18.1 Å². The van der Waals surface area contributed by atoms with E-state index >= 15 is 0 Å². The van der Waals surface area contributed by atoms with Gasteiger partial charge in [-0.15, -0.1) is 0 Å². The number of amides is 1. The van der Waals surface area contributed by atoms with Crippen molar-refractivity contribution >= 4 is 5.91 Å². The van der Waals surface area contributed by atoms with Gasteiger partial charge in [-0.3, -0.25) is 9.78 Å². The lowest BCUT2D eigenvalue weighted by Crippen LogP contribution is -2.23. The smallest absolute Gasteiger partial charge is 0.253 e. The van der Waals surface area contributed by atoms with Gasteiger partial charge in [-0.1, -0.05) is 11.8 Å². The van der Waals surface area contributed by atoms with Gasteiger partial charge in [0, 0.05) is 12.4 Å². The zero-order chi connectivity index (χ0) is 14.4. The van der Waals surface area contributed by atoms with E-state index in [4.69, 9.17) is 9.52 Å². The summed E-state index contributed by atoms with van der Waals surface area (Å²) in [6.45, 7) is 1.89. The Morgan fingerprint density at radius 2 is 2.30 bits per heavy atom. The van der Waals surface area contributed by atoms with E-state index in [1.165, 1.54) is 12.4 Å². The van der Waals surface area contributed by atoms with Crippen LogP contribution in [0.15, 0.2) is 35.0 Å². The molecule has 0 aromatic carbocycles. The van der Waals surface area contributed by atoms with E-state index in [0.717, 1.165) is 5.76 Å². The van der Waals surface area contributed by atoms with Crippen LogP contribution in [0.2, 0.25) is 0 Å². The van der Waals surface area contributed by atoms with Gasteiger partial charge in [0.2, 0.25) is 0 Å². The molecule has 2 N–H and O–H groups in total. The number of hydrogen-bond acceptors (Lipinski definition) is 4. The SMILES string of the molecule is Cc1ccc(CNC(=O)c2ccncc2C#CCO)o1. The summed E-state index contributed by atoms with van der Waals surface area (Å²) in [5.74, 6) is 6.43. The first-order valence-electron chi connectivity index (χ1n) is 6.08. The standard InChI is InChI=1S/C15H14N2O3/c1-11-4-5-13(20-11)10-17-15(19)14-6-7-16-9-12(14)3-2-8-18/h4-7,9,18H,8,10H2,1H3,(H,17,19). The van der Waals surface area contributed by atoms with Crippen LogP contribution in [0.5, 0.6) is 0 Å². The zero-order valence-electron chi connectivity index (χ0n) is 11.0. The van der Waals surface area contributed by atoms with E-state index in [9.17, 15) is 4.79 Å². The molecule has 0 spiro atoms. The Kier molecular flexibility index (Phi) is 4.53. The van der Waals surface area contributed by atoms with Crippen molar-refractivity contribution in [1.29, 1.82) is 0 Å². The van der Waals surface area contributed by atoms with Crippen LogP contribution in [-0.2, 0) is 6.54 Å². The number of furan rings is 1. The monoisotopic (exact) mass is 270 g/mol. The highest BCUT2D eigenvalue weighted by molar-refractivity contribution is 5.96. The van der Waals surface area contributed by atoms with Crippen molar-refractivity contribution in [2.75, 3.05) is 6.61 Å². The summed E-state index contributed by atoms with van der Waals surface area (Å²) in [5.41, 5.74) is 0.902. The molecule has 0 unspecified atom stereocenters. The number of aliphatic hydroxyl groups is 1. The molecule has 5 nitrogen and oxygen atoms in total. The second-order valence-corrected chi connectivity index (χ2v) is 4.08.